The summed E-state index contributed by atoms with van der Waals surface area (Å²) in [5.41, 5.74) is 14.1. The Hall–Kier alpha value is -6.77. The number of hydrogen-bond donors (Lipinski definition) is 0. The monoisotopic (exact) mass is 658 g/mol. The molecule has 1 atom stereocenters. The van der Waals surface area contributed by atoms with Crippen LogP contribution < -0.4 is 0 Å². The molecule has 2 heteroatoms. The van der Waals surface area contributed by atoms with Gasteiger partial charge in [-0.1, -0.05) is 146 Å². The summed E-state index contributed by atoms with van der Waals surface area (Å²) in [6, 6.07) is 62.8. The van der Waals surface area contributed by atoms with Gasteiger partial charge in [0.05, 0.1) is 16.4 Å². The molecule has 0 saturated heterocycles. The number of imidazole rings is 1. The molecule has 0 saturated carbocycles. The van der Waals surface area contributed by atoms with E-state index in [4.69, 9.17) is 4.98 Å². The van der Waals surface area contributed by atoms with Gasteiger partial charge >= 0.3 is 0 Å². The van der Waals surface area contributed by atoms with Gasteiger partial charge in [0.15, 0.2) is 0 Å². The van der Waals surface area contributed by atoms with Crippen molar-refractivity contribution >= 4 is 55.5 Å². The van der Waals surface area contributed by atoms with Crippen molar-refractivity contribution in [2.75, 3.05) is 0 Å². The number of hydrogen-bond acceptors (Lipinski definition) is 1. The quantitative estimate of drug-likeness (QED) is 0.169. The molecular formula is C50H30N2. The topological polar surface area (TPSA) is 17.8 Å². The Balaban J connectivity index is 1.24. The average Bonchev–Trinajstić information content (AvgIpc) is 3.69. The Morgan fingerprint density at radius 1 is 0.462 bits per heavy atom. The van der Waals surface area contributed by atoms with E-state index in [9.17, 15) is 0 Å². The molecule has 12 rings (SSSR count). The molecule has 1 unspecified atom stereocenters. The summed E-state index contributed by atoms with van der Waals surface area (Å²) >= 11 is 0. The molecule has 2 nitrogen and oxygen atoms in total. The van der Waals surface area contributed by atoms with Crippen molar-refractivity contribution < 1.29 is 0 Å². The van der Waals surface area contributed by atoms with E-state index in [2.05, 4.69) is 187 Å². The van der Waals surface area contributed by atoms with Crippen molar-refractivity contribution in [3.05, 3.63) is 203 Å². The van der Waals surface area contributed by atoms with Gasteiger partial charge in [0.1, 0.15) is 5.82 Å². The zero-order valence-corrected chi connectivity index (χ0v) is 28.2. The summed E-state index contributed by atoms with van der Waals surface area (Å²) in [7, 11) is 0. The normalized spacial score (nSPS) is 15.7. The first-order valence-electron chi connectivity index (χ1n) is 18.1. The molecule has 0 aliphatic heterocycles. The predicted molar refractivity (Wildman–Crippen MR) is 216 cm³/mol. The number of benzene rings is 9. The van der Waals surface area contributed by atoms with E-state index in [1.165, 1.54) is 76.8 Å². The van der Waals surface area contributed by atoms with E-state index in [1.54, 1.807) is 0 Å². The first kappa shape index (κ1) is 28.0. The Morgan fingerprint density at radius 3 is 2.06 bits per heavy atom. The van der Waals surface area contributed by atoms with Crippen molar-refractivity contribution in [3.8, 4) is 28.2 Å². The number of nitrogens with zero attached hydrogens (tertiary/aromatic N) is 2. The summed E-state index contributed by atoms with van der Waals surface area (Å²) in [6.45, 7) is 0. The molecule has 1 heterocycles. The molecule has 0 N–H and O–H groups in total. The maximum absolute atomic E-state index is 5.32. The van der Waals surface area contributed by atoms with Gasteiger partial charge < -0.3 is 0 Å². The van der Waals surface area contributed by atoms with Crippen LogP contribution in [-0.2, 0) is 5.41 Å². The molecule has 240 valence electrons. The summed E-state index contributed by atoms with van der Waals surface area (Å²) in [5.74, 6) is 0.939. The van der Waals surface area contributed by atoms with Crippen LogP contribution in [0.4, 0.5) is 0 Å². The minimum Gasteiger partial charge on any atom is -0.292 e. The number of fused-ring (bicyclic) bond motifs is 11. The average molecular weight is 659 g/mol. The molecule has 9 aromatic carbocycles. The highest BCUT2D eigenvalue weighted by Gasteiger charge is 2.49. The van der Waals surface area contributed by atoms with Crippen molar-refractivity contribution in [2.24, 2.45) is 0 Å². The molecule has 0 amide bonds. The largest absolute Gasteiger partial charge is 0.292 e. The standard InChI is InChI=1S/C50H30N2/c1-2-14-37(15-3-1)52-45-20-9-8-19-44(45)51-49(52)36-26-23-32-22-21-31-11-4-6-17-40(31)50(42(32)30-36)41-18-7-5-16-38(41)48-39-28-27-34-13-10-12-33-24-25-35(29-43(48)50)47(39)46(33)34/h1-30H. The van der Waals surface area contributed by atoms with E-state index in [0.717, 1.165) is 28.1 Å². The molecule has 0 bridgehead atoms. The second-order valence-corrected chi connectivity index (χ2v) is 14.3. The highest BCUT2D eigenvalue weighted by Crippen LogP contribution is 2.61. The summed E-state index contributed by atoms with van der Waals surface area (Å²) in [6.07, 6.45) is 4.63. The van der Waals surface area contributed by atoms with E-state index in [1.807, 2.05) is 0 Å². The van der Waals surface area contributed by atoms with Gasteiger partial charge in [-0.2, -0.15) is 0 Å². The van der Waals surface area contributed by atoms with E-state index >= 15 is 0 Å². The van der Waals surface area contributed by atoms with Crippen LogP contribution in [-0.4, -0.2) is 9.55 Å². The van der Waals surface area contributed by atoms with Crippen LogP contribution in [0.1, 0.15) is 33.4 Å². The van der Waals surface area contributed by atoms with E-state index < -0.39 is 5.41 Å². The maximum atomic E-state index is 5.32. The fourth-order valence-electron chi connectivity index (χ4n) is 9.68. The van der Waals surface area contributed by atoms with Crippen LogP contribution in [0, 0.1) is 0 Å². The third-order valence-corrected chi connectivity index (χ3v) is 11.7. The van der Waals surface area contributed by atoms with Crippen molar-refractivity contribution in [3.63, 3.8) is 0 Å². The van der Waals surface area contributed by atoms with E-state index in [0.29, 0.717) is 0 Å². The number of rotatable bonds is 2. The lowest BCUT2D eigenvalue weighted by Gasteiger charge is -2.36. The minimum absolute atomic E-state index is 0.564. The molecule has 1 spiro atoms. The number of aromatic nitrogens is 2. The zero-order chi connectivity index (χ0) is 34.0. The molecule has 10 aromatic rings. The second kappa shape index (κ2) is 10.2. The van der Waals surface area contributed by atoms with Crippen LogP contribution in [0.5, 0.6) is 0 Å². The fraction of sp³-hybridized carbons (Fsp3) is 0.0200. The van der Waals surface area contributed by atoms with Crippen LogP contribution in [0.2, 0.25) is 0 Å². The fourth-order valence-corrected chi connectivity index (χ4v) is 9.68. The molecular weight excluding hydrogens is 629 g/mol. The van der Waals surface area contributed by atoms with Crippen LogP contribution in [0.25, 0.3) is 83.7 Å². The van der Waals surface area contributed by atoms with Crippen molar-refractivity contribution in [1.29, 1.82) is 0 Å². The predicted octanol–water partition coefficient (Wildman–Crippen LogP) is 12.4. The highest BCUT2D eigenvalue weighted by atomic mass is 15.1. The third kappa shape index (κ3) is 3.51. The zero-order valence-electron chi connectivity index (χ0n) is 28.2. The van der Waals surface area contributed by atoms with Crippen LogP contribution in [0.3, 0.4) is 0 Å². The van der Waals surface area contributed by atoms with Gasteiger partial charge in [-0.15, -0.1) is 0 Å². The van der Waals surface area contributed by atoms with Gasteiger partial charge in [-0.3, -0.25) is 4.57 Å². The van der Waals surface area contributed by atoms with Crippen molar-refractivity contribution in [2.45, 2.75) is 5.41 Å². The van der Waals surface area contributed by atoms with Crippen LogP contribution >= 0.6 is 0 Å². The molecule has 2 aliphatic carbocycles. The molecule has 1 aromatic heterocycles. The molecule has 2 aliphatic rings. The molecule has 0 fully saturated rings. The lowest BCUT2D eigenvalue weighted by atomic mass is 9.65. The maximum Gasteiger partial charge on any atom is 0.145 e. The minimum atomic E-state index is -0.564. The second-order valence-electron chi connectivity index (χ2n) is 14.3. The summed E-state index contributed by atoms with van der Waals surface area (Å²) < 4.78 is 2.31. The SMILES string of the molecule is C1=Cc2ccc(-c3nc4ccccc4n3-c3ccccc3)cc2C2(c3ccccc31)c1ccccc1-c1c2cc2ccc3cccc4ccc1c2c34. The first-order chi connectivity index (χ1) is 25.8. The first-order valence-corrected chi connectivity index (χ1v) is 18.1. The van der Waals surface area contributed by atoms with Crippen molar-refractivity contribution in [1.82, 2.24) is 9.55 Å². The Kier molecular flexibility index (Phi) is 5.46. The summed E-state index contributed by atoms with van der Waals surface area (Å²) in [4.78, 5) is 5.32. The smallest absolute Gasteiger partial charge is 0.145 e. The highest BCUT2D eigenvalue weighted by molar-refractivity contribution is 6.27. The summed E-state index contributed by atoms with van der Waals surface area (Å²) in [5, 5.41) is 7.88. The molecule has 0 radical (unpaired) electrons. The van der Waals surface area contributed by atoms with E-state index in [-0.39, 0.29) is 0 Å². The van der Waals surface area contributed by atoms with Gasteiger partial charge in [0, 0.05) is 11.3 Å². The van der Waals surface area contributed by atoms with Gasteiger partial charge in [0.2, 0.25) is 0 Å². The third-order valence-electron chi connectivity index (χ3n) is 11.7. The lowest BCUT2D eigenvalue weighted by molar-refractivity contribution is 0.768. The van der Waals surface area contributed by atoms with Gasteiger partial charge in [0.25, 0.3) is 0 Å². The Morgan fingerprint density at radius 2 is 1.17 bits per heavy atom. The van der Waals surface area contributed by atoms with Gasteiger partial charge in [-0.05, 0) is 113 Å². The lowest BCUT2D eigenvalue weighted by Crippen LogP contribution is -2.30. The Bertz CT molecular complexity index is 3110. The number of para-hydroxylation sites is 3. The Labute approximate surface area is 300 Å². The van der Waals surface area contributed by atoms with Crippen LogP contribution in [0.15, 0.2) is 170 Å². The molecule has 52 heavy (non-hydrogen) atoms. The van der Waals surface area contributed by atoms with Gasteiger partial charge in [-0.25, -0.2) is 4.98 Å².